The van der Waals surface area contributed by atoms with E-state index < -0.39 is 0 Å². The number of nitrogens with one attached hydrogen (secondary N) is 1. The molecule has 0 aliphatic heterocycles. The number of carbonyl (C=O) groups is 1. The number of nitrogens with zero attached hydrogens (tertiary/aromatic N) is 3. The van der Waals surface area contributed by atoms with Gasteiger partial charge in [0.15, 0.2) is 5.13 Å². The summed E-state index contributed by atoms with van der Waals surface area (Å²) >= 11 is 7.31. The second-order valence-electron chi connectivity index (χ2n) is 5.37. The molecule has 2 aromatic carbocycles. The zero-order valence-corrected chi connectivity index (χ0v) is 14.3. The molecule has 8 heteroatoms. The van der Waals surface area contributed by atoms with Crippen LogP contribution >= 0.6 is 22.9 Å². The van der Waals surface area contributed by atoms with Crippen LogP contribution in [0.4, 0.5) is 5.13 Å². The van der Waals surface area contributed by atoms with Gasteiger partial charge in [0.05, 0.1) is 27.4 Å². The van der Waals surface area contributed by atoms with E-state index in [1.807, 2.05) is 24.3 Å². The van der Waals surface area contributed by atoms with E-state index in [1.54, 1.807) is 18.2 Å². The summed E-state index contributed by atoms with van der Waals surface area (Å²) in [6, 6.07) is 12.5. The fourth-order valence-corrected chi connectivity index (χ4v) is 3.54. The fraction of sp³-hybridized carbons (Fsp3) is 0.0588. The number of rotatable bonds is 3. The molecular formula is C17H11ClN4O2S. The lowest BCUT2D eigenvalue weighted by atomic mass is 10.2. The third kappa shape index (κ3) is 3.11. The minimum Gasteiger partial charge on any atom is -0.300 e. The van der Waals surface area contributed by atoms with Crippen molar-refractivity contribution in [2.75, 3.05) is 5.32 Å². The molecule has 1 N–H and O–H groups in total. The molecule has 25 heavy (non-hydrogen) atoms. The number of fused-ring (bicyclic) bond motifs is 2. The first-order valence-electron chi connectivity index (χ1n) is 7.40. The minimum atomic E-state index is -0.343. The maximum atomic E-state index is 12.5. The van der Waals surface area contributed by atoms with E-state index >= 15 is 0 Å². The van der Waals surface area contributed by atoms with Crippen molar-refractivity contribution in [3.63, 3.8) is 0 Å². The standard InChI is InChI=1S/C17H11ClN4O2S/c18-10-5-6-12-11(7-10)16(24)22(9-19-12)8-15(23)21-17-20-13-3-1-2-4-14(13)25-17/h1-7,9H,8H2,(H,20,21,23). The first kappa shape index (κ1) is 15.7. The lowest BCUT2D eigenvalue weighted by Gasteiger charge is -2.06. The average Bonchev–Trinajstić information content (AvgIpc) is 3.00. The van der Waals surface area contributed by atoms with E-state index in [9.17, 15) is 9.59 Å². The van der Waals surface area contributed by atoms with Gasteiger partial charge < -0.3 is 5.32 Å². The molecular weight excluding hydrogens is 360 g/mol. The number of amides is 1. The molecule has 4 aromatic rings. The Hall–Kier alpha value is -2.77. The zero-order chi connectivity index (χ0) is 17.4. The third-order valence-corrected chi connectivity index (χ3v) is 4.83. The fourth-order valence-electron chi connectivity index (χ4n) is 2.48. The summed E-state index contributed by atoms with van der Waals surface area (Å²) in [6.45, 7) is -0.149. The number of halogens is 1. The normalized spacial score (nSPS) is 11.1. The molecule has 0 spiro atoms. The summed E-state index contributed by atoms with van der Waals surface area (Å²) in [7, 11) is 0. The topological polar surface area (TPSA) is 76.9 Å². The molecule has 0 unspecified atom stereocenters. The van der Waals surface area contributed by atoms with Gasteiger partial charge in [0, 0.05) is 5.02 Å². The summed E-state index contributed by atoms with van der Waals surface area (Å²) in [5.41, 5.74) is 1.05. The Kier molecular flexibility index (Phi) is 3.95. The van der Waals surface area contributed by atoms with Crippen molar-refractivity contribution >= 4 is 55.1 Å². The highest BCUT2D eigenvalue weighted by atomic mass is 35.5. The van der Waals surface area contributed by atoms with Gasteiger partial charge in [-0.15, -0.1) is 0 Å². The average molecular weight is 371 g/mol. The number of aromatic nitrogens is 3. The molecule has 0 atom stereocenters. The molecule has 0 bridgehead atoms. The Morgan fingerprint density at radius 2 is 2.04 bits per heavy atom. The molecule has 0 radical (unpaired) electrons. The summed E-state index contributed by atoms with van der Waals surface area (Å²) < 4.78 is 2.23. The molecule has 0 aliphatic carbocycles. The molecule has 0 fully saturated rings. The lowest BCUT2D eigenvalue weighted by molar-refractivity contribution is -0.116. The van der Waals surface area contributed by atoms with E-state index in [2.05, 4.69) is 15.3 Å². The van der Waals surface area contributed by atoms with Crippen LogP contribution in [0.1, 0.15) is 0 Å². The van der Waals surface area contributed by atoms with E-state index in [-0.39, 0.29) is 18.0 Å². The van der Waals surface area contributed by atoms with Crippen LogP contribution in [0.15, 0.2) is 53.6 Å². The maximum absolute atomic E-state index is 12.5. The molecule has 6 nitrogen and oxygen atoms in total. The second kappa shape index (κ2) is 6.27. The molecule has 4 rings (SSSR count). The highest BCUT2D eigenvalue weighted by Crippen LogP contribution is 2.25. The van der Waals surface area contributed by atoms with Crippen molar-refractivity contribution in [1.82, 2.24) is 14.5 Å². The van der Waals surface area contributed by atoms with E-state index in [0.717, 1.165) is 10.2 Å². The SMILES string of the molecule is O=C(Cn1cnc2ccc(Cl)cc2c1=O)Nc1nc2ccccc2s1. The van der Waals surface area contributed by atoms with Crippen molar-refractivity contribution in [1.29, 1.82) is 0 Å². The Labute approximate surface area is 150 Å². The summed E-state index contributed by atoms with van der Waals surface area (Å²) in [5, 5.41) is 4.04. The van der Waals surface area contributed by atoms with Crippen LogP contribution < -0.4 is 10.9 Å². The van der Waals surface area contributed by atoms with Gasteiger partial charge in [0.2, 0.25) is 5.91 Å². The number of thiazole rings is 1. The molecule has 0 aliphatic rings. The van der Waals surface area contributed by atoms with Gasteiger partial charge in [0.1, 0.15) is 6.54 Å². The summed E-state index contributed by atoms with van der Waals surface area (Å²) in [6.07, 6.45) is 1.36. The molecule has 124 valence electrons. The van der Waals surface area contributed by atoms with Crippen molar-refractivity contribution in [2.45, 2.75) is 6.54 Å². The van der Waals surface area contributed by atoms with Gasteiger partial charge in [-0.3, -0.25) is 14.2 Å². The number of para-hydroxylation sites is 1. The van der Waals surface area contributed by atoms with E-state index in [1.165, 1.54) is 22.2 Å². The second-order valence-corrected chi connectivity index (χ2v) is 6.84. The number of benzene rings is 2. The third-order valence-electron chi connectivity index (χ3n) is 3.64. The first-order valence-corrected chi connectivity index (χ1v) is 8.60. The van der Waals surface area contributed by atoms with Gasteiger partial charge in [-0.25, -0.2) is 9.97 Å². The Bertz CT molecular complexity index is 1140. The van der Waals surface area contributed by atoms with Crippen LogP contribution in [0.5, 0.6) is 0 Å². The Morgan fingerprint density at radius 3 is 2.88 bits per heavy atom. The van der Waals surface area contributed by atoms with Crippen LogP contribution in [-0.4, -0.2) is 20.4 Å². The number of anilines is 1. The van der Waals surface area contributed by atoms with Crippen LogP contribution in [0.2, 0.25) is 5.02 Å². The van der Waals surface area contributed by atoms with Crippen LogP contribution in [0, 0.1) is 0 Å². The van der Waals surface area contributed by atoms with Crippen molar-refractivity contribution in [3.8, 4) is 0 Å². The molecule has 2 aromatic heterocycles. The lowest BCUT2D eigenvalue weighted by Crippen LogP contribution is -2.27. The van der Waals surface area contributed by atoms with Crippen LogP contribution in [-0.2, 0) is 11.3 Å². The highest BCUT2D eigenvalue weighted by molar-refractivity contribution is 7.22. The number of hydrogen-bond acceptors (Lipinski definition) is 5. The first-order chi connectivity index (χ1) is 12.1. The largest absolute Gasteiger partial charge is 0.300 e. The van der Waals surface area contributed by atoms with Gasteiger partial charge in [-0.05, 0) is 30.3 Å². The summed E-state index contributed by atoms with van der Waals surface area (Å²) in [5.74, 6) is -0.343. The van der Waals surface area contributed by atoms with Gasteiger partial charge in [0.25, 0.3) is 5.56 Å². The Balaban J connectivity index is 1.59. The zero-order valence-electron chi connectivity index (χ0n) is 12.8. The Morgan fingerprint density at radius 1 is 1.20 bits per heavy atom. The van der Waals surface area contributed by atoms with Gasteiger partial charge >= 0.3 is 0 Å². The summed E-state index contributed by atoms with van der Waals surface area (Å²) in [4.78, 5) is 33.3. The minimum absolute atomic E-state index is 0.149. The molecule has 1 amide bonds. The predicted octanol–water partition coefficient (Wildman–Crippen LogP) is 3.30. The van der Waals surface area contributed by atoms with Crippen molar-refractivity contribution in [2.24, 2.45) is 0 Å². The number of hydrogen-bond donors (Lipinski definition) is 1. The number of carbonyl (C=O) groups excluding carboxylic acids is 1. The maximum Gasteiger partial charge on any atom is 0.261 e. The van der Waals surface area contributed by atoms with Gasteiger partial charge in [-0.2, -0.15) is 0 Å². The van der Waals surface area contributed by atoms with Crippen molar-refractivity contribution in [3.05, 3.63) is 64.2 Å². The predicted molar refractivity (Wildman–Crippen MR) is 99.3 cm³/mol. The smallest absolute Gasteiger partial charge is 0.261 e. The van der Waals surface area contributed by atoms with E-state index in [0.29, 0.717) is 21.1 Å². The van der Waals surface area contributed by atoms with Crippen LogP contribution in [0.3, 0.4) is 0 Å². The van der Waals surface area contributed by atoms with Gasteiger partial charge in [-0.1, -0.05) is 35.1 Å². The molecule has 0 saturated heterocycles. The van der Waals surface area contributed by atoms with Crippen LogP contribution in [0.25, 0.3) is 21.1 Å². The monoisotopic (exact) mass is 370 g/mol. The quantitative estimate of drug-likeness (QED) is 0.600. The molecule has 2 heterocycles. The van der Waals surface area contributed by atoms with E-state index in [4.69, 9.17) is 11.6 Å². The highest BCUT2D eigenvalue weighted by Gasteiger charge is 2.11. The van der Waals surface area contributed by atoms with Crippen molar-refractivity contribution < 1.29 is 4.79 Å². The molecule has 0 saturated carbocycles.